The van der Waals surface area contributed by atoms with Crippen molar-refractivity contribution in [2.24, 2.45) is 5.92 Å². The Balaban J connectivity index is 1.85. The SMILES string of the molecule is O=C(NC(=S)Nc1cccc(F)c1)C1CCCCC1. The fourth-order valence-corrected chi connectivity index (χ4v) is 2.53. The van der Waals surface area contributed by atoms with Crippen LogP contribution >= 0.6 is 12.2 Å². The van der Waals surface area contributed by atoms with Gasteiger partial charge in [0.15, 0.2) is 5.11 Å². The van der Waals surface area contributed by atoms with E-state index in [9.17, 15) is 9.18 Å². The van der Waals surface area contributed by atoms with Crippen molar-refractivity contribution in [3.63, 3.8) is 0 Å². The lowest BCUT2D eigenvalue weighted by molar-refractivity contribution is -0.124. The second kappa shape index (κ2) is 6.61. The van der Waals surface area contributed by atoms with E-state index in [4.69, 9.17) is 12.2 Å². The summed E-state index contributed by atoms with van der Waals surface area (Å²) in [7, 11) is 0. The van der Waals surface area contributed by atoms with Gasteiger partial charge in [-0.3, -0.25) is 4.79 Å². The molecule has 0 radical (unpaired) electrons. The van der Waals surface area contributed by atoms with Crippen molar-refractivity contribution >= 4 is 28.9 Å². The Labute approximate surface area is 117 Å². The van der Waals surface area contributed by atoms with Gasteiger partial charge >= 0.3 is 0 Å². The average Bonchev–Trinajstić information content (AvgIpc) is 2.39. The van der Waals surface area contributed by atoms with Gasteiger partial charge in [-0.2, -0.15) is 0 Å². The highest BCUT2D eigenvalue weighted by atomic mass is 32.1. The molecule has 0 bridgehead atoms. The first-order valence-electron chi connectivity index (χ1n) is 6.52. The average molecular weight is 280 g/mol. The smallest absolute Gasteiger partial charge is 0.229 e. The molecule has 0 atom stereocenters. The van der Waals surface area contributed by atoms with E-state index in [0.717, 1.165) is 25.7 Å². The normalized spacial score (nSPS) is 15.8. The number of hydrogen-bond donors (Lipinski definition) is 2. The number of rotatable bonds is 2. The highest BCUT2D eigenvalue weighted by Gasteiger charge is 2.21. The van der Waals surface area contributed by atoms with Crippen molar-refractivity contribution in [2.45, 2.75) is 32.1 Å². The topological polar surface area (TPSA) is 41.1 Å². The van der Waals surface area contributed by atoms with Crippen LogP contribution in [0.5, 0.6) is 0 Å². The Bertz CT molecular complexity index is 472. The quantitative estimate of drug-likeness (QED) is 0.817. The number of anilines is 1. The van der Waals surface area contributed by atoms with Gasteiger partial charge in [0.25, 0.3) is 0 Å². The maximum Gasteiger partial charge on any atom is 0.229 e. The second-order valence-corrected chi connectivity index (χ2v) is 5.20. The van der Waals surface area contributed by atoms with E-state index in [0.29, 0.717) is 5.69 Å². The van der Waals surface area contributed by atoms with Crippen LogP contribution in [-0.4, -0.2) is 11.0 Å². The zero-order valence-corrected chi connectivity index (χ0v) is 11.4. The summed E-state index contributed by atoms with van der Waals surface area (Å²) in [5, 5.41) is 5.71. The lowest BCUT2D eigenvalue weighted by atomic mass is 9.89. The van der Waals surface area contributed by atoms with Gasteiger partial charge in [-0.15, -0.1) is 0 Å². The molecule has 1 aliphatic rings. The molecule has 1 fully saturated rings. The number of carbonyl (C=O) groups is 1. The Kier molecular flexibility index (Phi) is 4.85. The summed E-state index contributed by atoms with van der Waals surface area (Å²) in [5.41, 5.74) is 0.536. The molecule has 1 saturated carbocycles. The molecule has 1 aromatic rings. The molecule has 0 saturated heterocycles. The van der Waals surface area contributed by atoms with E-state index in [2.05, 4.69) is 10.6 Å². The predicted octanol–water partition coefficient (Wildman–Crippen LogP) is 3.22. The molecular formula is C14H17FN2OS. The second-order valence-electron chi connectivity index (χ2n) is 4.79. The third-order valence-electron chi connectivity index (χ3n) is 3.30. The number of benzene rings is 1. The highest BCUT2D eigenvalue weighted by Crippen LogP contribution is 2.23. The summed E-state index contributed by atoms with van der Waals surface area (Å²) < 4.78 is 13.0. The van der Waals surface area contributed by atoms with Gasteiger partial charge in [0.1, 0.15) is 5.82 Å². The zero-order chi connectivity index (χ0) is 13.7. The molecule has 0 unspecified atom stereocenters. The first-order chi connectivity index (χ1) is 9.15. The van der Waals surface area contributed by atoms with Crippen LogP contribution in [0.4, 0.5) is 10.1 Å². The van der Waals surface area contributed by atoms with Crippen LogP contribution in [0.1, 0.15) is 32.1 Å². The molecule has 0 aromatic heterocycles. The Morgan fingerprint density at radius 2 is 2.00 bits per heavy atom. The van der Waals surface area contributed by atoms with Crippen molar-refractivity contribution in [2.75, 3.05) is 5.32 Å². The summed E-state index contributed by atoms with van der Waals surface area (Å²) in [6.07, 6.45) is 5.25. The minimum Gasteiger partial charge on any atom is -0.332 e. The van der Waals surface area contributed by atoms with Gasteiger partial charge in [-0.05, 0) is 43.3 Å². The molecule has 5 heteroatoms. The summed E-state index contributed by atoms with van der Waals surface area (Å²) in [6.45, 7) is 0. The fourth-order valence-electron chi connectivity index (χ4n) is 2.31. The Morgan fingerprint density at radius 3 is 2.68 bits per heavy atom. The lowest BCUT2D eigenvalue weighted by Crippen LogP contribution is -2.39. The minimum absolute atomic E-state index is 0.0337. The zero-order valence-electron chi connectivity index (χ0n) is 10.6. The first kappa shape index (κ1) is 13.9. The van der Waals surface area contributed by atoms with Gasteiger partial charge in [-0.25, -0.2) is 4.39 Å². The largest absolute Gasteiger partial charge is 0.332 e. The number of carbonyl (C=O) groups excluding carboxylic acids is 1. The van der Waals surface area contributed by atoms with E-state index >= 15 is 0 Å². The van der Waals surface area contributed by atoms with Crippen LogP contribution in [0, 0.1) is 11.7 Å². The van der Waals surface area contributed by atoms with E-state index < -0.39 is 0 Å². The Morgan fingerprint density at radius 1 is 1.26 bits per heavy atom. The third-order valence-corrected chi connectivity index (χ3v) is 3.50. The highest BCUT2D eigenvalue weighted by molar-refractivity contribution is 7.80. The van der Waals surface area contributed by atoms with Crippen LogP contribution in [0.2, 0.25) is 0 Å². The van der Waals surface area contributed by atoms with Crippen LogP contribution in [0.25, 0.3) is 0 Å². The maximum atomic E-state index is 13.0. The van der Waals surface area contributed by atoms with Crippen molar-refractivity contribution in [3.05, 3.63) is 30.1 Å². The molecular weight excluding hydrogens is 263 g/mol. The molecule has 0 heterocycles. The van der Waals surface area contributed by atoms with Crippen LogP contribution in [0.15, 0.2) is 24.3 Å². The molecule has 102 valence electrons. The van der Waals surface area contributed by atoms with Crippen molar-refractivity contribution < 1.29 is 9.18 Å². The molecule has 0 spiro atoms. The minimum atomic E-state index is -0.341. The van der Waals surface area contributed by atoms with Gasteiger partial charge in [-0.1, -0.05) is 25.3 Å². The predicted molar refractivity (Wildman–Crippen MR) is 77.3 cm³/mol. The first-order valence-corrected chi connectivity index (χ1v) is 6.93. The van der Waals surface area contributed by atoms with Crippen molar-refractivity contribution in [1.82, 2.24) is 5.32 Å². The van der Waals surface area contributed by atoms with Gasteiger partial charge < -0.3 is 10.6 Å². The molecule has 0 aliphatic heterocycles. The van der Waals surface area contributed by atoms with Gasteiger partial charge in [0, 0.05) is 11.6 Å². The van der Waals surface area contributed by atoms with Gasteiger partial charge in [0.05, 0.1) is 0 Å². The van der Waals surface area contributed by atoms with Crippen LogP contribution in [0.3, 0.4) is 0 Å². The molecule has 1 aliphatic carbocycles. The van der Waals surface area contributed by atoms with Crippen LogP contribution in [-0.2, 0) is 4.79 Å². The number of amides is 1. The van der Waals surface area contributed by atoms with E-state index in [1.807, 2.05) is 0 Å². The molecule has 2 N–H and O–H groups in total. The third kappa shape index (κ3) is 4.28. The summed E-state index contributed by atoms with van der Waals surface area (Å²) in [5.74, 6) is -0.319. The lowest BCUT2D eigenvalue weighted by Gasteiger charge is -2.21. The molecule has 1 amide bonds. The molecule has 1 aromatic carbocycles. The fraction of sp³-hybridized carbons (Fsp3) is 0.429. The number of thiocarbonyl (C=S) groups is 1. The van der Waals surface area contributed by atoms with E-state index in [1.165, 1.54) is 18.6 Å². The molecule has 3 nitrogen and oxygen atoms in total. The van der Waals surface area contributed by atoms with E-state index in [1.54, 1.807) is 12.1 Å². The summed E-state index contributed by atoms with van der Waals surface area (Å²) >= 11 is 5.06. The number of halogens is 1. The number of hydrogen-bond acceptors (Lipinski definition) is 2. The monoisotopic (exact) mass is 280 g/mol. The standard InChI is InChI=1S/C14H17FN2OS/c15-11-7-4-8-12(9-11)16-14(19)17-13(18)10-5-2-1-3-6-10/h4,7-10H,1-3,5-6H2,(H2,16,17,18,19). The van der Waals surface area contributed by atoms with E-state index in [-0.39, 0.29) is 22.8 Å². The van der Waals surface area contributed by atoms with Crippen molar-refractivity contribution in [3.8, 4) is 0 Å². The maximum absolute atomic E-state index is 13.0. The van der Waals surface area contributed by atoms with Crippen LogP contribution < -0.4 is 10.6 Å². The summed E-state index contributed by atoms with van der Waals surface area (Å²) in [4.78, 5) is 12.0. The Hall–Kier alpha value is -1.49. The molecule has 19 heavy (non-hydrogen) atoms. The summed E-state index contributed by atoms with van der Waals surface area (Å²) in [6, 6.07) is 5.97. The molecule has 2 rings (SSSR count). The van der Waals surface area contributed by atoms with Gasteiger partial charge in [0.2, 0.25) is 5.91 Å². The van der Waals surface area contributed by atoms with Crippen molar-refractivity contribution in [1.29, 1.82) is 0 Å². The number of nitrogens with one attached hydrogen (secondary N) is 2.